The van der Waals surface area contributed by atoms with Crippen molar-refractivity contribution in [2.24, 2.45) is 5.92 Å². The van der Waals surface area contributed by atoms with Crippen molar-refractivity contribution in [3.8, 4) is 0 Å². The van der Waals surface area contributed by atoms with Gasteiger partial charge in [0.25, 0.3) is 0 Å². The minimum atomic E-state index is -0.0158. The third-order valence-corrected chi connectivity index (χ3v) is 2.55. The molecule has 16 heavy (non-hydrogen) atoms. The van der Waals surface area contributed by atoms with E-state index in [-0.39, 0.29) is 11.7 Å². The monoisotopic (exact) mass is 223 g/mol. The Hall–Kier alpha value is -1.16. The zero-order valence-electron chi connectivity index (χ0n) is 10.4. The van der Waals surface area contributed by atoms with Crippen LogP contribution < -0.4 is 5.32 Å². The van der Waals surface area contributed by atoms with Crippen LogP contribution in [0.25, 0.3) is 0 Å². The first-order valence-electron chi connectivity index (χ1n) is 5.96. The van der Waals surface area contributed by atoms with Gasteiger partial charge in [-0.3, -0.25) is 4.79 Å². The van der Waals surface area contributed by atoms with Crippen molar-refractivity contribution in [2.75, 3.05) is 13.1 Å². The highest BCUT2D eigenvalue weighted by molar-refractivity contribution is 5.94. The second-order valence-corrected chi connectivity index (χ2v) is 4.02. The SMILES string of the molecule is CCCn1ccnc1C(=O)C(C)CNCC. The van der Waals surface area contributed by atoms with Crippen molar-refractivity contribution in [3.63, 3.8) is 0 Å². The van der Waals surface area contributed by atoms with E-state index >= 15 is 0 Å². The van der Waals surface area contributed by atoms with Crippen LogP contribution in [0.15, 0.2) is 12.4 Å². The molecule has 4 heteroatoms. The normalized spacial score (nSPS) is 12.7. The molecule has 0 radical (unpaired) electrons. The van der Waals surface area contributed by atoms with Crippen LogP contribution in [-0.2, 0) is 6.54 Å². The molecule has 0 aliphatic heterocycles. The third kappa shape index (κ3) is 3.17. The third-order valence-electron chi connectivity index (χ3n) is 2.55. The van der Waals surface area contributed by atoms with Crippen molar-refractivity contribution in [1.29, 1.82) is 0 Å². The topological polar surface area (TPSA) is 46.9 Å². The van der Waals surface area contributed by atoms with E-state index in [1.165, 1.54) is 0 Å². The predicted molar refractivity (Wildman–Crippen MR) is 64.6 cm³/mol. The molecule has 0 aromatic carbocycles. The molecule has 0 aliphatic carbocycles. The molecule has 0 fully saturated rings. The molecule has 1 heterocycles. The number of aryl methyl sites for hydroxylation is 1. The first kappa shape index (κ1) is 12.9. The van der Waals surface area contributed by atoms with E-state index in [0.717, 1.165) is 19.5 Å². The van der Waals surface area contributed by atoms with E-state index < -0.39 is 0 Å². The van der Waals surface area contributed by atoms with Crippen molar-refractivity contribution < 1.29 is 4.79 Å². The van der Waals surface area contributed by atoms with Crippen LogP contribution in [0, 0.1) is 5.92 Å². The van der Waals surface area contributed by atoms with Gasteiger partial charge in [-0.15, -0.1) is 0 Å². The molecule has 1 unspecified atom stereocenters. The number of ketones is 1. The number of nitrogens with zero attached hydrogens (tertiary/aromatic N) is 2. The van der Waals surface area contributed by atoms with Gasteiger partial charge in [0.1, 0.15) is 0 Å². The summed E-state index contributed by atoms with van der Waals surface area (Å²) < 4.78 is 1.94. The molecule has 90 valence electrons. The van der Waals surface area contributed by atoms with Gasteiger partial charge >= 0.3 is 0 Å². The van der Waals surface area contributed by atoms with Gasteiger partial charge in [-0.2, -0.15) is 0 Å². The highest BCUT2D eigenvalue weighted by Gasteiger charge is 2.19. The number of hydrogen-bond acceptors (Lipinski definition) is 3. The Morgan fingerprint density at radius 2 is 2.31 bits per heavy atom. The maximum Gasteiger partial charge on any atom is 0.202 e. The van der Waals surface area contributed by atoms with Gasteiger partial charge in [-0.25, -0.2) is 4.98 Å². The molecule has 1 rings (SSSR count). The summed E-state index contributed by atoms with van der Waals surface area (Å²) in [7, 11) is 0. The van der Waals surface area contributed by atoms with Crippen molar-refractivity contribution in [1.82, 2.24) is 14.9 Å². The summed E-state index contributed by atoms with van der Waals surface area (Å²) in [6.07, 6.45) is 4.58. The van der Waals surface area contributed by atoms with Crippen molar-refractivity contribution >= 4 is 5.78 Å². The van der Waals surface area contributed by atoms with Crippen LogP contribution in [0.3, 0.4) is 0 Å². The molecular formula is C12H21N3O. The van der Waals surface area contributed by atoms with Crippen LogP contribution in [0.5, 0.6) is 0 Å². The number of Topliss-reactive ketones (excluding diaryl/α,β-unsaturated/α-hetero) is 1. The molecule has 0 saturated carbocycles. The fraction of sp³-hybridized carbons (Fsp3) is 0.667. The average Bonchev–Trinajstić information content (AvgIpc) is 2.73. The van der Waals surface area contributed by atoms with Crippen LogP contribution in [0.4, 0.5) is 0 Å². The quantitative estimate of drug-likeness (QED) is 0.716. The number of hydrogen-bond donors (Lipinski definition) is 1. The number of nitrogens with one attached hydrogen (secondary N) is 1. The molecule has 1 aromatic heterocycles. The molecule has 4 nitrogen and oxygen atoms in total. The van der Waals surface area contributed by atoms with E-state index in [1.807, 2.05) is 24.6 Å². The Morgan fingerprint density at radius 3 is 2.94 bits per heavy atom. The molecule has 0 bridgehead atoms. The summed E-state index contributed by atoms with van der Waals surface area (Å²) in [6.45, 7) is 8.53. The summed E-state index contributed by atoms with van der Waals surface area (Å²) in [6, 6.07) is 0. The largest absolute Gasteiger partial charge is 0.329 e. The Balaban J connectivity index is 2.67. The number of imidazole rings is 1. The second kappa shape index (κ2) is 6.43. The lowest BCUT2D eigenvalue weighted by atomic mass is 10.1. The van der Waals surface area contributed by atoms with E-state index in [0.29, 0.717) is 12.4 Å². The van der Waals surface area contributed by atoms with Gasteiger partial charge < -0.3 is 9.88 Å². The highest BCUT2D eigenvalue weighted by atomic mass is 16.1. The zero-order valence-corrected chi connectivity index (χ0v) is 10.4. The first-order valence-corrected chi connectivity index (χ1v) is 5.96. The van der Waals surface area contributed by atoms with E-state index in [2.05, 4.69) is 17.2 Å². The number of aromatic nitrogens is 2. The second-order valence-electron chi connectivity index (χ2n) is 4.02. The molecule has 0 saturated heterocycles. The van der Waals surface area contributed by atoms with Crippen molar-refractivity contribution in [3.05, 3.63) is 18.2 Å². The van der Waals surface area contributed by atoms with Gasteiger partial charge in [0.05, 0.1) is 0 Å². The van der Waals surface area contributed by atoms with Crippen LogP contribution in [0.2, 0.25) is 0 Å². The number of rotatable bonds is 7. The zero-order chi connectivity index (χ0) is 12.0. The lowest BCUT2D eigenvalue weighted by Crippen LogP contribution is -2.28. The first-order chi connectivity index (χ1) is 7.70. The highest BCUT2D eigenvalue weighted by Crippen LogP contribution is 2.07. The van der Waals surface area contributed by atoms with Crippen LogP contribution in [-0.4, -0.2) is 28.4 Å². The summed E-state index contributed by atoms with van der Waals surface area (Å²) in [5.41, 5.74) is 0. The average molecular weight is 223 g/mol. The minimum Gasteiger partial charge on any atom is -0.329 e. The Morgan fingerprint density at radius 1 is 1.56 bits per heavy atom. The molecule has 0 spiro atoms. The summed E-state index contributed by atoms with van der Waals surface area (Å²) in [5, 5.41) is 3.18. The maximum absolute atomic E-state index is 12.1. The fourth-order valence-electron chi connectivity index (χ4n) is 1.63. The van der Waals surface area contributed by atoms with Gasteiger partial charge in [0.15, 0.2) is 5.82 Å². The molecule has 1 atom stereocenters. The Labute approximate surface area is 97.1 Å². The minimum absolute atomic E-state index is 0.0158. The van der Waals surface area contributed by atoms with Gasteiger partial charge in [-0.1, -0.05) is 20.8 Å². The van der Waals surface area contributed by atoms with Gasteiger partial charge in [-0.05, 0) is 13.0 Å². The van der Waals surface area contributed by atoms with E-state index in [9.17, 15) is 4.79 Å². The Bertz CT molecular complexity index is 333. The molecule has 0 aliphatic rings. The molecule has 1 N–H and O–H groups in total. The number of carbonyl (C=O) groups is 1. The predicted octanol–water partition coefficient (Wildman–Crippen LogP) is 1.72. The number of carbonyl (C=O) groups excluding carboxylic acids is 1. The van der Waals surface area contributed by atoms with Gasteiger partial charge in [0.2, 0.25) is 5.78 Å². The Kier molecular flexibility index (Phi) is 5.19. The van der Waals surface area contributed by atoms with Crippen LogP contribution in [0.1, 0.15) is 37.8 Å². The lowest BCUT2D eigenvalue weighted by Gasteiger charge is -2.11. The van der Waals surface area contributed by atoms with Gasteiger partial charge in [0, 0.05) is 31.4 Å². The smallest absolute Gasteiger partial charge is 0.202 e. The summed E-state index contributed by atoms with van der Waals surface area (Å²) in [5.74, 6) is 0.699. The maximum atomic E-state index is 12.1. The van der Waals surface area contributed by atoms with Crippen LogP contribution >= 0.6 is 0 Å². The lowest BCUT2D eigenvalue weighted by molar-refractivity contribution is 0.0914. The molecule has 0 amide bonds. The molecular weight excluding hydrogens is 202 g/mol. The van der Waals surface area contributed by atoms with E-state index in [4.69, 9.17) is 0 Å². The summed E-state index contributed by atoms with van der Waals surface area (Å²) >= 11 is 0. The standard InChI is InChI=1S/C12H21N3O/c1-4-7-15-8-6-14-12(15)11(16)10(3)9-13-5-2/h6,8,10,13H,4-5,7,9H2,1-3H3. The summed E-state index contributed by atoms with van der Waals surface area (Å²) in [4.78, 5) is 16.2. The molecule has 1 aromatic rings. The fourth-order valence-corrected chi connectivity index (χ4v) is 1.63. The van der Waals surface area contributed by atoms with E-state index in [1.54, 1.807) is 6.20 Å². The van der Waals surface area contributed by atoms with Crippen molar-refractivity contribution in [2.45, 2.75) is 33.7 Å².